The van der Waals surface area contributed by atoms with Crippen molar-refractivity contribution in [1.29, 1.82) is 0 Å². The summed E-state index contributed by atoms with van der Waals surface area (Å²) in [6.45, 7) is 0.117. The molecule has 1 aliphatic heterocycles. The van der Waals surface area contributed by atoms with Gasteiger partial charge in [-0.1, -0.05) is 22.9 Å². The SMILES string of the molecule is O=Cc1cc2c(c3sc(Cl)nc13)OC[C@H](CO)O2. The molecule has 0 amide bonds. The zero-order valence-electron chi connectivity index (χ0n) is 9.05. The van der Waals surface area contributed by atoms with Gasteiger partial charge in [0.05, 0.1) is 12.1 Å². The summed E-state index contributed by atoms with van der Waals surface area (Å²) < 4.78 is 12.1. The van der Waals surface area contributed by atoms with Crippen molar-refractivity contribution in [2.24, 2.45) is 0 Å². The second-order valence-electron chi connectivity index (χ2n) is 3.79. The lowest BCUT2D eigenvalue weighted by atomic mass is 10.1. The quantitative estimate of drug-likeness (QED) is 0.854. The molecule has 1 N–H and O–H groups in total. The first kappa shape index (κ1) is 11.7. The third-order valence-corrected chi connectivity index (χ3v) is 3.79. The number of carbonyl (C=O) groups excluding carboxylic acids is 1. The Balaban J connectivity index is 2.23. The third-order valence-electron chi connectivity index (χ3n) is 2.63. The van der Waals surface area contributed by atoms with Gasteiger partial charge < -0.3 is 14.6 Å². The summed E-state index contributed by atoms with van der Waals surface area (Å²) in [5.41, 5.74) is 0.916. The summed E-state index contributed by atoms with van der Waals surface area (Å²) in [6.07, 6.45) is 0.280. The Morgan fingerprint density at radius 3 is 3.22 bits per heavy atom. The maximum Gasteiger partial charge on any atom is 0.184 e. The molecule has 0 radical (unpaired) electrons. The Morgan fingerprint density at radius 1 is 1.67 bits per heavy atom. The fourth-order valence-electron chi connectivity index (χ4n) is 1.82. The Morgan fingerprint density at radius 2 is 2.50 bits per heavy atom. The lowest BCUT2D eigenvalue weighted by Crippen LogP contribution is -2.32. The van der Waals surface area contributed by atoms with Crippen LogP contribution in [0.2, 0.25) is 4.47 Å². The topological polar surface area (TPSA) is 68.7 Å². The molecule has 0 fully saturated rings. The molecular weight excluding hydrogens is 278 g/mol. The van der Waals surface area contributed by atoms with E-state index in [2.05, 4.69) is 4.98 Å². The Hall–Kier alpha value is -1.37. The van der Waals surface area contributed by atoms with E-state index in [4.69, 9.17) is 26.2 Å². The molecule has 1 aromatic carbocycles. The number of nitrogens with zero attached hydrogens (tertiary/aromatic N) is 1. The summed E-state index contributed by atoms with van der Waals surface area (Å²) in [4.78, 5) is 15.1. The largest absolute Gasteiger partial charge is 0.484 e. The van der Waals surface area contributed by atoms with Crippen LogP contribution in [0.5, 0.6) is 11.5 Å². The minimum atomic E-state index is -0.419. The van der Waals surface area contributed by atoms with Crippen LogP contribution in [0, 0.1) is 0 Å². The Bertz CT molecular complexity index is 627. The van der Waals surface area contributed by atoms with Gasteiger partial charge >= 0.3 is 0 Å². The highest BCUT2D eigenvalue weighted by molar-refractivity contribution is 7.22. The summed E-state index contributed by atoms with van der Waals surface area (Å²) in [7, 11) is 0. The van der Waals surface area contributed by atoms with E-state index in [0.717, 1.165) is 0 Å². The number of aromatic nitrogens is 1. The molecule has 2 heterocycles. The van der Waals surface area contributed by atoms with Crippen LogP contribution in [0.25, 0.3) is 10.2 Å². The van der Waals surface area contributed by atoms with Crippen molar-refractivity contribution in [2.75, 3.05) is 13.2 Å². The number of hydrogen-bond donors (Lipinski definition) is 1. The first-order chi connectivity index (χ1) is 8.72. The van der Waals surface area contributed by atoms with E-state index < -0.39 is 6.10 Å². The number of benzene rings is 1. The number of ether oxygens (including phenoxy) is 2. The number of fused-ring (bicyclic) bond motifs is 3. The first-order valence-corrected chi connectivity index (χ1v) is 6.41. The molecular formula is C11H8ClNO4S. The van der Waals surface area contributed by atoms with Gasteiger partial charge in [-0.25, -0.2) is 4.98 Å². The standard InChI is InChI=1S/C11H8ClNO4S/c12-11-13-8-5(2-14)1-7-9(10(8)18-11)16-4-6(3-15)17-7/h1-2,6,15H,3-4H2/t6-/m0/s1. The van der Waals surface area contributed by atoms with Gasteiger partial charge in [0.2, 0.25) is 0 Å². The highest BCUT2D eigenvalue weighted by Crippen LogP contribution is 2.43. The van der Waals surface area contributed by atoms with Gasteiger partial charge in [-0.3, -0.25) is 4.79 Å². The van der Waals surface area contributed by atoms with E-state index in [1.807, 2.05) is 0 Å². The minimum absolute atomic E-state index is 0.142. The number of aliphatic hydroxyl groups is 1. The second-order valence-corrected chi connectivity index (χ2v) is 5.37. The minimum Gasteiger partial charge on any atom is -0.484 e. The molecule has 0 bridgehead atoms. The number of rotatable bonds is 2. The van der Waals surface area contributed by atoms with Gasteiger partial charge in [-0.05, 0) is 6.07 Å². The smallest absolute Gasteiger partial charge is 0.184 e. The molecule has 1 aliphatic rings. The van der Waals surface area contributed by atoms with Crippen molar-refractivity contribution < 1.29 is 19.4 Å². The van der Waals surface area contributed by atoms with Crippen molar-refractivity contribution in [3.63, 3.8) is 0 Å². The van der Waals surface area contributed by atoms with E-state index in [0.29, 0.717) is 38.0 Å². The molecule has 0 aliphatic carbocycles. The summed E-state index contributed by atoms with van der Waals surface area (Å²) in [5, 5.41) is 9.06. The highest BCUT2D eigenvalue weighted by atomic mass is 35.5. The Labute approximate surface area is 111 Å². The molecule has 0 unspecified atom stereocenters. The van der Waals surface area contributed by atoms with E-state index in [1.54, 1.807) is 6.07 Å². The van der Waals surface area contributed by atoms with Crippen molar-refractivity contribution >= 4 is 39.4 Å². The van der Waals surface area contributed by atoms with Crippen molar-refractivity contribution in [2.45, 2.75) is 6.10 Å². The lowest BCUT2D eigenvalue weighted by molar-refractivity contribution is 0.0468. The normalized spacial score (nSPS) is 18.0. The zero-order valence-corrected chi connectivity index (χ0v) is 10.6. The first-order valence-electron chi connectivity index (χ1n) is 5.21. The van der Waals surface area contributed by atoms with Gasteiger partial charge in [-0.15, -0.1) is 0 Å². The van der Waals surface area contributed by atoms with Crippen LogP contribution in [-0.2, 0) is 0 Å². The van der Waals surface area contributed by atoms with Crippen LogP contribution in [-0.4, -0.2) is 35.7 Å². The molecule has 0 spiro atoms. The highest BCUT2D eigenvalue weighted by Gasteiger charge is 2.25. The third kappa shape index (κ3) is 1.73. The van der Waals surface area contributed by atoms with E-state index in [9.17, 15) is 4.79 Å². The van der Waals surface area contributed by atoms with Crippen LogP contribution >= 0.6 is 22.9 Å². The molecule has 2 aromatic rings. The van der Waals surface area contributed by atoms with E-state index >= 15 is 0 Å². The molecule has 1 atom stereocenters. The molecule has 7 heteroatoms. The number of hydrogen-bond acceptors (Lipinski definition) is 6. The summed E-state index contributed by atoms with van der Waals surface area (Å²) in [5.74, 6) is 0.972. The van der Waals surface area contributed by atoms with Gasteiger partial charge in [-0.2, -0.15) is 0 Å². The molecule has 94 valence electrons. The van der Waals surface area contributed by atoms with Crippen LogP contribution in [0.15, 0.2) is 6.07 Å². The van der Waals surface area contributed by atoms with Crippen LogP contribution in [0.4, 0.5) is 0 Å². The van der Waals surface area contributed by atoms with Crippen LogP contribution in [0.1, 0.15) is 10.4 Å². The fraction of sp³-hybridized carbons (Fsp3) is 0.273. The Kier molecular flexibility index (Phi) is 2.85. The monoisotopic (exact) mass is 285 g/mol. The van der Waals surface area contributed by atoms with Crippen molar-refractivity contribution in [1.82, 2.24) is 4.98 Å². The molecule has 3 rings (SSSR count). The number of carbonyl (C=O) groups is 1. The maximum atomic E-state index is 11.0. The van der Waals surface area contributed by atoms with Crippen molar-refractivity contribution in [3.05, 3.63) is 16.1 Å². The van der Waals surface area contributed by atoms with Crippen molar-refractivity contribution in [3.8, 4) is 11.5 Å². The van der Waals surface area contributed by atoms with Crippen LogP contribution in [0.3, 0.4) is 0 Å². The van der Waals surface area contributed by atoms with Gasteiger partial charge in [0, 0.05) is 5.56 Å². The van der Waals surface area contributed by atoms with E-state index in [1.165, 1.54) is 11.3 Å². The lowest BCUT2D eigenvalue weighted by Gasteiger charge is -2.25. The van der Waals surface area contributed by atoms with Crippen LogP contribution < -0.4 is 9.47 Å². The number of thiazole rings is 1. The average molecular weight is 286 g/mol. The number of aldehydes is 1. The predicted molar refractivity (Wildman–Crippen MR) is 67.0 cm³/mol. The maximum absolute atomic E-state index is 11.0. The van der Waals surface area contributed by atoms with Gasteiger partial charge in [0.25, 0.3) is 0 Å². The molecule has 0 saturated heterocycles. The molecule has 5 nitrogen and oxygen atoms in total. The summed E-state index contributed by atoms with van der Waals surface area (Å²) >= 11 is 7.10. The van der Waals surface area contributed by atoms with Gasteiger partial charge in [0.15, 0.2) is 28.4 Å². The van der Waals surface area contributed by atoms with Gasteiger partial charge in [0.1, 0.15) is 11.3 Å². The number of aliphatic hydroxyl groups excluding tert-OH is 1. The number of halogens is 1. The average Bonchev–Trinajstić information content (AvgIpc) is 2.78. The zero-order chi connectivity index (χ0) is 12.7. The molecule has 18 heavy (non-hydrogen) atoms. The molecule has 1 aromatic heterocycles. The molecule has 0 saturated carbocycles. The fourth-order valence-corrected chi connectivity index (χ4v) is 2.96. The predicted octanol–water partition coefficient (Wildman–Crippen LogP) is 1.89. The van der Waals surface area contributed by atoms with E-state index in [-0.39, 0.29) is 13.2 Å². The second kappa shape index (κ2) is 4.38. The summed E-state index contributed by atoms with van der Waals surface area (Å²) in [6, 6.07) is 1.56.